The highest BCUT2D eigenvalue weighted by molar-refractivity contribution is 9.10. The summed E-state index contributed by atoms with van der Waals surface area (Å²) in [6.07, 6.45) is 3.65. The maximum Gasteiger partial charge on any atom is 0.0992 e. The van der Waals surface area contributed by atoms with Gasteiger partial charge in [-0.25, -0.2) is 0 Å². The third-order valence-corrected chi connectivity index (χ3v) is 4.30. The van der Waals surface area contributed by atoms with Crippen LogP contribution in [0.4, 0.5) is 5.69 Å². The van der Waals surface area contributed by atoms with E-state index in [2.05, 4.69) is 40.0 Å². The third-order valence-electron chi connectivity index (χ3n) is 3.84. The Bertz CT molecular complexity index is 467. The van der Waals surface area contributed by atoms with Crippen LogP contribution in [0.1, 0.15) is 24.8 Å². The second-order valence-corrected chi connectivity index (χ2v) is 5.83. The molecule has 3 nitrogen and oxygen atoms in total. The van der Waals surface area contributed by atoms with E-state index in [4.69, 9.17) is 11.0 Å². The van der Waals surface area contributed by atoms with Gasteiger partial charge in [-0.15, -0.1) is 0 Å². The predicted octanol–water partition coefficient (Wildman–Crippen LogP) is 2.88. The minimum Gasteiger partial charge on any atom is -0.371 e. The summed E-state index contributed by atoms with van der Waals surface area (Å²) in [5.74, 6) is 0.569. The van der Waals surface area contributed by atoms with Gasteiger partial charge in [0.2, 0.25) is 0 Å². The number of anilines is 1. The Kier molecular flexibility index (Phi) is 4.26. The molecule has 0 amide bonds. The zero-order chi connectivity index (χ0) is 13.1. The smallest absolute Gasteiger partial charge is 0.0992 e. The molecule has 4 heteroatoms. The Balaban J connectivity index is 2.25. The van der Waals surface area contributed by atoms with Crippen LogP contribution >= 0.6 is 15.9 Å². The van der Waals surface area contributed by atoms with Crippen molar-refractivity contribution in [3.05, 3.63) is 28.2 Å². The molecule has 96 valence electrons. The summed E-state index contributed by atoms with van der Waals surface area (Å²) >= 11 is 3.46. The van der Waals surface area contributed by atoms with E-state index in [0.29, 0.717) is 17.5 Å². The van der Waals surface area contributed by atoms with Gasteiger partial charge in [-0.3, -0.25) is 0 Å². The van der Waals surface area contributed by atoms with Crippen LogP contribution in [0.15, 0.2) is 22.7 Å². The van der Waals surface area contributed by atoms with E-state index in [-0.39, 0.29) is 0 Å². The molecule has 2 unspecified atom stereocenters. The first-order valence-electron chi connectivity index (χ1n) is 6.29. The Morgan fingerprint density at radius 1 is 1.44 bits per heavy atom. The molecule has 0 spiro atoms. The summed E-state index contributed by atoms with van der Waals surface area (Å²) in [6, 6.07) is 8.54. The quantitative estimate of drug-likeness (QED) is 0.934. The molecule has 0 aliphatic heterocycles. The zero-order valence-electron chi connectivity index (χ0n) is 10.6. The summed E-state index contributed by atoms with van der Waals surface area (Å²) in [7, 11) is 2.10. The van der Waals surface area contributed by atoms with E-state index in [1.807, 2.05) is 12.1 Å². The molecule has 0 heterocycles. The van der Waals surface area contributed by atoms with E-state index in [1.54, 1.807) is 0 Å². The molecule has 2 atom stereocenters. The standard InChI is InChI=1S/C14H18BrN3/c1-18(14-4-2-3-11(14)9-17)13-6-10(8-16)5-12(15)7-13/h5-7,11,14H,2-4,9,17H2,1H3. The second kappa shape index (κ2) is 5.73. The molecule has 0 radical (unpaired) electrons. The van der Waals surface area contributed by atoms with Gasteiger partial charge in [0.05, 0.1) is 11.6 Å². The van der Waals surface area contributed by atoms with E-state index < -0.39 is 0 Å². The van der Waals surface area contributed by atoms with Crippen molar-refractivity contribution >= 4 is 21.6 Å². The highest BCUT2D eigenvalue weighted by Crippen LogP contribution is 2.32. The molecule has 0 saturated heterocycles. The lowest BCUT2D eigenvalue weighted by Crippen LogP contribution is -2.37. The summed E-state index contributed by atoms with van der Waals surface area (Å²) in [5, 5.41) is 9.02. The number of nitriles is 1. The van der Waals surface area contributed by atoms with Crippen molar-refractivity contribution in [1.82, 2.24) is 0 Å². The van der Waals surface area contributed by atoms with Crippen LogP contribution in [-0.4, -0.2) is 19.6 Å². The van der Waals surface area contributed by atoms with Crippen LogP contribution in [0.3, 0.4) is 0 Å². The number of halogens is 1. The first-order valence-corrected chi connectivity index (χ1v) is 7.08. The van der Waals surface area contributed by atoms with Crippen molar-refractivity contribution in [3.8, 4) is 6.07 Å². The van der Waals surface area contributed by atoms with Gasteiger partial charge in [0.15, 0.2) is 0 Å². The van der Waals surface area contributed by atoms with Crippen LogP contribution in [0.5, 0.6) is 0 Å². The lowest BCUT2D eigenvalue weighted by Gasteiger charge is -2.31. The van der Waals surface area contributed by atoms with Crippen molar-refractivity contribution < 1.29 is 0 Å². The lowest BCUT2D eigenvalue weighted by atomic mass is 10.0. The van der Waals surface area contributed by atoms with Crippen molar-refractivity contribution in [2.45, 2.75) is 25.3 Å². The van der Waals surface area contributed by atoms with Crippen molar-refractivity contribution in [2.24, 2.45) is 11.7 Å². The maximum absolute atomic E-state index is 9.02. The van der Waals surface area contributed by atoms with Crippen LogP contribution in [0, 0.1) is 17.2 Å². The molecule has 2 rings (SSSR count). The molecule has 18 heavy (non-hydrogen) atoms. The molecular formula is C14H18BrN3. The highest BCUT2D eigenvalue weighted by Gasteiger charge is 2.29. The molecule has 2 N–H and O–H groups in total. The summed E-state index contributed by atoms with van der Waals surface area (Å²) < 4.78 is 0.950. The number of nitrogens with two attached hydrogens (primary N) is 1. The molecule has 1 fully saturated rings. The van der Waals surface area contributed by atoms with Gasteiger partial charge in [-0.05, 0) is 43.5 Å². The van der Waals surface area contributed by atoms with Gasteiger partial charge in [0, 0.05) is 23.2 Å². The molecule has 1 aromatic carbocycles. The van der Waals surface area contributed by atoms with Gasteiger partial charge in [0.1, 0.15) is 0 Å². The van der Waals surface area contributed by atoms with E-state index in [1.165, 1.54) is 19.3 Å². The van der Waals surface area contributed by atoms with Gasteiger partial charge >= 0.3 is 0 Å². The molecule has 1 aromatic rings. The fourth-order valence-electron chi connectivity index (χ4n) is 2.84. The zero-order valence-corrected chi connectivity index (χ0v) is 12.2. The number of rotatable bonds is 3. The number of hydrogen-bond donors (Lipinski definition) is 1. The van der Waals surface area contributed by atoms with Crippen molar-refractivity contribution in [3.63, 3.8) is 0 Å². The molecule has 1 aliphatic rings. The first kappa shape index (κ1) is 13.4. The largest absolute Gasteiger partial charge is 0.371 e. The Labute approximate surface area is 117 Å². The number of benzene rings is 1. The average molecular weight is 308 g/mol. The van der Waals surface area contributed by atoms with Gasteiger partial charge in [-0.1, -0.05) is 22.4 Å². The van der Waals surface area contributed by atoms with Gasteiger partial charge < -0.3 is 10.6 Å². The Morgan fingerprint density at radius 2 is 2.22 bits per heavy atom. The van der Waals surface area contributed by atoms with E-state index in [0.717, 1.165) is 16.7 Å². The second-order valence-electron chi connectivity index (χ2n) is 4.91. The Morgan fingerprint density at radius 3 is 2.89 bits per heavy atom. The predicted molar refractivity (Wildman–Crippen MR) is 77.4 cm³/mol. The molecule has 0 aromatic heterocycles. The van der Waals surface area contributed by atoms with Crippen molar-refractivity contribution in [1.29, 1.82) is 5.26 Å². The topological polar surface area (TPSA) is 53.0 Å². The van der Waals surface area contributed by atoms with Crippen LogP contribution in [0.25, 0.3) is 0 Å². The normalized spacial score (nSPS) is 22.8. The summed E-state index contributed by atoms with van der Waals surface area (Å²) in [5.41, 5.74) is 7.62. The molecule has 0 bridgehead atoms. The third kappa shape index (κ3) is 2.68. The minimum atomic E-state index is 0.496. The first-order chi connectivity index (χ1) is 8.65. The fraction of sp³-hybridized carbons (Fsp3) is 0.500. The maximum atomic E-state index is 9.02. The van der Waals surface area contributed by atoms with Crippen molar-refractivity contribution in [2.75, 3.05) is 18.5 Å². The summed E-state index contributed by atoms with van der Waals surface area (Å²) in [4.78, 5) is 2.27. The lowest BCUT2D eigenvalue weighted by molar-refractivity contribution is 0.474. The molecule has 1 aliphatic carbocycles. The van der Waals surface area contributed by atoms with Gasteiger partial charge in [-0.2, -0.15) is 5.26 Å². The van der Waals surface area contributed by atoms with Crippen LogP contribution < -0.4 is 10.6 Å². The SMILES string of the molecule is CN(c1cc(Br)cc(C#N)c1)C1CCCC1CN. The number of nitrogens with zero attached hydrogens (tertiary/aromatic N) is 2. The van der Waals surface area contributed by atoms with Crippen LogP contribution in [-0.2, 0) is 0 Å². The number of hydrogen-bond acceptors (Lipinski definition) is 3. The van der Waals surface area contributed by atoms with E-state index in [9.17, 15) is 0 Å². The average Bonchev–Trinajstić information content (AvgIpc) is 2.85. The monoisotopic (exact) mass is 307 g/mol. The van der Waals surface area contributed by atoms with Crippen LogP contribution in [0.2, 0.25) is 0 Å². The van der Waals surface area contributed by atoms with Gasteiger partial charge in [0.25, 0.3) is 0 Å². The highest BCUT2D eigenvalue weighted by atomic mass is 79.9. The minimum absolute atomic E-state index is 0.496. The Hall–Kier alpha value is -1.05. The van der Waals surface area contributed by atoms with E-state index >= 15 is 0 Å². The summed E-state index contributed by atoms with van der Waals surface area (Å²) in [6.45, 7) is 0.744. The fourth-order valence-corrected chi connectivity index (χ4v) is 3.32. The molecular weight excluding hydrogens is 290 g/mol. The molecule has 1 saturated carbocycles.